The molecule has 0 saturated carbocycles. The number of amides is 2. The van der Waals surface area contributed by atoms with Crippen LogP contribution in [0.1, 0.15) is 25.0 Å². The maximum absolute atomic E-state index is 13.4. The van der Waals surface area contributed by atoms with Gasteiger partial charge in [0.1, 0.15) is 5.38 Å². The van der Waals surface area contributed by atoms with Gasteiger partial charge in [0.2, 0.25) is 11.7 Å². The summed E-state index contributed by atoms with van der Waals surface area (Å²) in [5.74, 6) is -3.17. The molecule has 0 fully saturated rings. The average Bonchev–Trinajstić information content (AvgIpc) is 3.14. The number of carbonyl (C=O) groups is 3. The molecule has 0 bridgehead atoms. The Bertz CT molecular complexity index is 901. The summed E-state index contributed by atoms with van der Waals surface area (Å²) in [4.78, 5) is 40.3. The lowest BCUT2D eigenvalue weighted by atomic mass is 10.0. The molecule has 2 N–H and O–H groups in total. The highest BCUT2D eigenvalue weighted by Gasteiger charge is 2.36. The van der Waals surface area contributed by atoms with Crippen LogP contribution < -0.4 is 10.6 Å². The normalized spacial score (nSPS) is 12.5. The van der Waals surface area contributed by atoms with E-state index in [4.69, 9.17) is 11.6 Å². The standard InChI is InChI=1S/C18H17ClF3N3O3S/c1-9(2)13(19)16(28)24-14-10(4-3-5-11(14)18(20,21)22)8-12(26)15(27)25-17-23-6-7-29-17/h3-7,9,13H,8H2,1-2H3,(H,24,28)(H,23,25,27). The van der Waals surface area contributed by atoms with Crippen molar-refractivity contribution < 1.29 is 27.6 Å². The molecule has 1 unspecified atom stereocenters. The zero-order valence-electron chi connectivity index (χ0n) is 15.3. The summed E-state index contributed by atoms with van der Waals surface area (Å²) < 4.78 is 40.3. The monoisotopic (exact) mass is 447 g/mol. The highest BCUT2D eigenvalue weighted by Crippen LogP contribution is 2.37. The van der Waals surface area contributed by atoms with Crippen molar-refractivity contribution in [1.29, 1.82) is 0 Å². The number of rotatable bonds is 7. The average molecular weight is 448 g/mol. The zero-order chi connectivity index (χ0) is 21.8. The number of thiazole rings is 1. The minimum absolute atomic E-state index is 0.153. The Morgan fingerprint density at radius 1 is 1.21 bits per heavy atom. The van der Waals surface area contributed by atoms with Gasteiger partial charge < -0.3 is 5.32 Å². The van der Waals surface area contributed by atoms with Gasteiger partial charge >= 0.3 is 6.18 Å². The molecular formula is C18H17ClF3N3O3S. The van der Waals surface area contributed by atoms with Gasteiger partial charge in [0.05, 0.1) is 11.3 Å². The van der Waals surface area contributed by atoms with E-state index in [0.29, 0.717) is 0 Å². The molecule has 2 rings (SSSR count). The van der Waals surface area contributed by atoms with Crippen LogP contribution >= 0.6 is 22.9 Å². The largest absolute Gasteiger partial charge is 0.418 e. The maximum Gasteiger partial charge on any atom is 0.418 e. The Balaban J connectivity index is 2.31. The first-order chi connectivity index (χ1) is 13.5. The molecular weight excluding hydrogens is 431 g/mol. The summed E-state index contributed by atoms with van der Waals surface area (Å²) in [5, 5.41) is 5.13. The first kappa shape index (κ1) is 22.8. The summed E-state index contributed by atoms with van der Waals surface area (Å²) in [6, 6.07) is 3.11. The van der Waals surface area contributed by atoms with Crippen LogP contribution in [0.4, 0.5) is 24.0 Å². The summed E-state index contributed by atoms with van der Waals surface area (Å²) in [5.41, 5.74) is -1.88. The fraction of sp³-hybridized carbons (Fsp3) is 0.333. The van der Waals surface area contributed by atoms with Crippen molar-refractivity contribution in [3.05, 3.63) is 40.9 Å². The Kier molecular flexibility index (Phi) is 7.37. The van der Waals surface area contributed by atoms with Gasteiger partial charge in [-0.05, 0) is 17.5 Å². The molecule has 0 aliphatic rings. The van der Waals surface area contributed by atoms with Crippen molar-refractivity contribution in [3.8, 4) is 0 Å². The van der Waals surface area contributed by atoms with Gasteiger partial charge in [0, 0.05) is 18.0 Å². The number of alkyl halides is 4. The highest BCUT2D eigenvalue weighted by molar-refractivity contribution is 7.13. The van der Waals surface area contributed by atoms with Crippen LogP contribution in [0.15, 0.2) is 29.8 Å². The summed E-state index contributed by atoms with van der Waals surface area (Å²) in [7, 11) is 0. The van der Waals surface area contributed by atoms with Gasteiger partial charge in [0.15, 0.2) is 5.13 Å². The zero-order valence-corrected chi connectivity index (χ0v) is 16.9. The molecule has 11 heteroatoms. The molecule has 1 aromatic heterocycles. The number of Topliss-reactive ketones (excluding diaryl/α,β-unsaturated/α-hetero) is 1. The summed E-state index contributed by atoms with van der Waals surface area (Å²) in [6.07, 6.45) is -4.02. The van der Waals surface area contributed by atoms with Gasteiger partial charge in [-0.25, -0.2) is 4.98 Å². The first-order valence-electron chi connectivity index (χ1n) is 8.38. The van der Waals surface area contributed by atoms with Crippen LogP contribution in [0.2, 0.25) is 0 Å². The smallest absolute Gasteiger partial charge is 0.324 e. The van der Waals surface area contributed by atoms with Gasteiger partial charge in [-0.3, -0.25) is 19.7 Å². The minimum atomic E-state index is -4.79. The highest BCUT2D eigenvalue weighted by atomic mass is 35.5. The molecule has 1 heterocycles. The number of nitrogens with one attached hydrogen (secondary N) is 2. The van der Waals surface area contributed by atoms with Crippen molar-refractivity contribution in [1.82, 2.24) is 4.98 Å². The van der Waals surface area contributed by atoms with E-state index < -0.39 is 46.8 Å². The molecule has 1 atom stereocenters. The van der Waals surface area contributed by atoms with E-state index in [9.17, 15) is 27.6 Å². The van der Waals surface area contributed by atoms with Crippen LogP contribution in [0, 0.1) is 5.92 Å². The van der Waals surface area contributed by atoms with Crippen molar-refractivity contribution >= 4 is 51.4 Å². The lowest BCUT2D eigenvalue weighted by Gasteiger charge is -2.20. The molecule has 0 aliphatic carbocycles. The SMILES string of the molecule is CC(C)C(Cl)C(=O)Nc1c(CC(=O)C(=O)Nc2nccs2)cccc1C(F)(F)F. The molecule has 6 nitrogen and oxygen atoms in total. The molecule has 0 aliphatic heterocycles. The van der Waals surface area contributed by atoms with Gasteiger partial charge in [-0.1, -0.05) is 26.0 Å². The second-order valence-corrected chi connectivity index (χ2v) is 7.73. The molecule has 156 valence electrons. The third-order valence-corrected chi connectivity index (χ3v) is 5.19. The second kappa shape index (κ2) is 9.36. The number of ketones is 1. The Morgan fingerprint density at radius 3 is 2.45 bits per heavy atom. The quantitative estimate of drug-likeness (QED) is 0.493. The van der Waals surface area contributed by atoms with Crippen LogP contribution in [-0.2, 0) is 27.0 Å². The number of hydrogen-bond acceptors (Lipinski definition) is 5. The van der Waals surface area contributed by atoms with E-state index in [1.54, 1.807) is 19.2 Å². The Hall–Kier alpha value is -2.46. The molecule has 29 heavy (non-hydrogen) atoms. The number of halogens is 4. The summed E-state index contributed by atoms with van der Waals surface area (Å²) >= 11 is 7.02. The summed E-state index contributed by atoms with van der Waals surface area (Å²) in [6.45, 7) is 3.28. The number of aromatic nitrogens is 1. The lowest BCUT2D eigenvalue weighted by molar-refractivity contribution is -0.137. The van der Waals surface area contributed by atoms with E-state index in [1.165, 1.54) is 12.3 Å². The molecule has 1 aromatic carbocycles. The number of benzene rings is 1. The fourth-order valence-electron chi connectivity index (χ4n) is 2.33. The third kappa shape index (κ3) is 6.01. The Morgan fingerprint density at radius 2 is 1.90 bits per heavy atom. The van der Waals surface area contributed by atoms with Gasteiger partial charge in [-0.2, -0.15) is 13.2 Å². The topological polar surface area (TPSA) is 88.2 Å². The molecule has 2 aromatic rings. The van der Waals surface area contributed by atoms with Crippen LogP contribution in [0.3, 0.4) is 0 Å². The number of nitrogens with zero attached hydrogens (tertiary/aromatic N) is 1. The minimum Gasteiger partial charge on any atom is -0.324 e. The van der Waals surface area contributed by atoms with Crippen molar-refractivity contribution in [2.45, 2.75) is 31.8 Å². The predicted octanol–water partition coefficient (Wildman–Crippen LogP) is 4.11. The molecule has 0 spiro atoms. The molecule has 0 saturated heterocycles. The van der Waals surface area contributed by atoms with Crippen molar-refractivity contribution in [2.75, 3.05) is 10.6 Å². The van der Waals surface area contributed by atoms with E-state index in [1.807, 2.05) is 0 Å². The number of carbonyl (C=O) groups excluding carboxylic acids is 3. The molecule has 2 amide bonds. The maximum atomic E-state index is 13.4. The van der Waals surface area contributed by atoms with E-state index in [-0.39, 0.29) is 16.6 Å². The third-order valence-electron chi connectivity index (χ3n) is 3.80. The van der Waals surface area contributed by atoms with E-state index >= 15 is 0 Å². The number of para-hydroxylation sites is 1. The van der Waals surface area contributed by atoms with Crippen molar-refractivity contribution in [3.63, 3.8) is 0 Å². The second-order valence-electron chi connectivity index (χ2n) is 6.36. The van der Waals surface area contributed by atoms with Crippen molar-refractivity contribution in [2.24, 2.45) is 5.92 Å². The van der Waals surface area contributed by atoms with Crippen LogP contribution in [-0.4, -0.2) is 28.0 Å². The van der Waals surface area contributed by atoms with Crippen LogP contribution in [0.25, 0.3) is 0 Å². The van der Waals surface area contributed by atoms with E-state index in [2.05, 4.69) is 15.6 Å². The first-order valence-corrected chi connectivity index (χ1v) is 9.70. The van der Waals surface area contributed by atoms with Gasteiger partial charge in [-0.15, -0.1) is 22.9 Å². The van der Waals surface area contributed by atoms with Gasteiger partial charge in [0.25, 0.3) is 5.91 Å². The number of anilines is 2. The number of hydrogen-bond donors (Lipinski definition) is 2. The fourth-order valence-corrected chi connectivity index (χ4v) is 2.91. The van der Waals surface area contributed by atoms with E-state index in [0.717, 1.165) is 23.5 Å². The lowest BCUT2D eigenvalue weighted by Crippen LogP contribution is -2.30. The molecule has 0 radical (unpaired) electrons. The van der Waals surface area contributed by atoms with Crippen LogP contribution in [0.5, 0.6) is 0 Å². The Labute approximate surface area is 173 Å². The predicted molar refractivity (Wildman–Crippen MR) is 104 cm³/mol.